The lowest BCUT2D eigenvalue weighted by Crippen LogP contribution is -2.29. The fraction of sp³-hybridized carbons (Fsp3) is 0.625. The van der Waals surface area contributed by atoms with E-state index in [1.54, 1.807) is 0 Å². The predicted octanol–water partition coefficient (Wildman–Crippen LogP) is -1.95. The molecule has 1 heterocycles. The summed E-state index contributed by atoms with van der Waals surface area (Å²) < 4.78 is 4.84. The molecule has 0 aromatic carbocycles. The average Bonchev–Trinajstić information content (AvgIpc) is 2.31. The van der Waals surface area contributed by atoms with Gasteiger partial charge in [0.15, 0.2) is 0 Å². The molecule has 2 unspecified atom stereocenters. The molecule has 0 aromatic rings. The largest absolute Gasteiger partial charge is 0.593 e. The van der Waals surface area contributed by atoms with Crippen molar-refractivity contribution < 1.29 is 30.0 Å². The Morgan fingerprint density at radius 2 is 2.29 bits per heavy atom. The van der Waals surface area contributed by atoms with Crippen molar-refractivity contribution in [3.8, 4) is 0 Å². The van der Waals surface area contributed by atoms with E-state index in [2.05, 4.69) is 0 Å². The molecule has 2 atom stereocenters. The van der Waals surface area contributed by atoms with Crippen molar-refractivity contribution in [3.05, 3.63) is 11.5 Å². The van der Waals surface area contributed by atoms with Gasteiger partial charge < -0.3 is 25.2 Å². The van der Waals surface area contributed by atoms with Gasteiger partial charge in [0.25, 0.3) is 11.5 Å². The maximum absolute atomic E-state index is 11.0. The molecule has 0 saturated carbocycles. The minimum absolute atomic E-state index is 0.0592. The number of aliphatic hydroxyl groups is 3. The summed E-state index contributed by atoms with van der Waals surface area (Å²) in [6.07, 6.45) is -1.20. The number of carbonyl (C=O) groups is 1. The Labute approximate surface area is 80.1 Å². The van der Waals surface area contributed by atoms with Gasteiger partial charge in [0, 0.05) is 0 Å². The van der Waals surface area contributed by atoms with Gasteiger partial charge >= 0.3 is 0 Å². The van der Waals surface area contributed by atoms with Crippen LogP contribution in [0.4, 0.5) is 0 Å². The molecule has 1 aliphatic rings. The zero-order chi connectivity index (χ0) is 10.7. The van der Waals surface area contributed by atoms with Gasteiger partial charge in [-0.1, -0.05) is 0 Å². The van der Waals surface area contributed by atoms with Gasteiger partial charge in [-0.2, -0.15) is 0 Å². The molecule has 6 heteroatoms. The van der Waals surface area contributed by atoms with Crippen LogP contribution < -0.4 is 0 Å². The van der Waals surface area contributed by atoms with Crippen molar-refractivity contribution in [1.29, 1.82) is 0 Å². The molecular weight excluding hydrogens is 192 g/mol. The molecule has 5 N–H and O–H groups in total. The minimum Gasteiger partial charge on any atom is -0.593 e. The van der Waals surface area contributed by atoms with E-state index < -0.39 is 30.2 Å². The summed E-state index contributed by atoms with van der Waals surface area (Å²) >= 11 is 0. The number of rotatable bonds is 2. The standard InChI is InChI=1S/C8H12O6/c9-1-5(10)4-2-14-3-6(11)8(13)7(4)12/h4-5,9-10,12-13H,1-3H2/p+1. The smallest absolute Gasteiger partial charge is 0.283 e. The number of ketones is 1. The lowest BCUT2D eigenvalue weighted by atomic mass is 10.0. The lowest BCUT2D eigenvalue weighted by molar-refractivity contribution is -0.122. The van der Waals surface area contributed by atoms with E-state index in [1.807, 2.05) is 0 Å². The number of hydrogen-bond donors (Lipinski definition) is 3. The van der Waals surface area contributed by atoms with Gasteiger partial charge in [-0.25, -0.2) is 0 Å². The molecule has 0 amide bonds. The first-order chi connectivity index (χ1) is 6.57. The van der Waals surface area contributed by atoms with Crippen LogP contribution in [0.15, 0.2) is 11.5 Å². The molecule has 0 spiro atoms. The van der Waals surface area contributed by atoms with Crippen molar-refractivity contribution in [2.24, 2.45) is 5.92 Å². The van der Waals surface area contributed by atoms with Gasteiger partial charge in [0.2, 0.25) is 5.78 Å². The van der Waals surface area contributed by atoms with E-state index in [0.717, 1.165) is 0 Å². The first-order valence-electron chi connectivity index (χ1n) is 4.12. The third-order valence-electron chi connectivity index (χ3n) is 2.07. The van der Waals surface area contributed by atoms with Crippen LogP contribution in [-0.2, 0) is 9.53 Å². The van der Waals surface area contributed by atoms with Gasteiger partial charge in [0.05, 0.1) is 19.3 Å². The third kappa shape index (κ3) is 2.03. The molecule has 1 rings (SSSR count). The van der Waals surface area contributed by atoms with Crippen LogP contribution in [-0.4, -0.2) is 52.1 Å². The summed E-state index contributed by atoms with van der Waals surface area (Å²) in [6.45, 7) is -0.906. The summed E-state index contributed by atoms with van der Waals surface area (Å²) in [6, 6.07) is 0. The van der Waals surface area contributed by atoms with Gasteiger partial charge in [0.1, 0.15) is 12.5 Å². The second-order valence-electron chi connectivity index (χ2n) is 3.06. The van der Waals surface area contributed by atoms with Crippen molar-refractivity contribution in [1.82, 2.24) is 0 Å². The molecule has 0 aliphatic carbocycles. The number of carbonyl (C=O) groups excluding carboxylic acids is 1. The summed E-state index contributed by atoms with van der Waals surface area (Å²) in [5.74, 6) is -2.61. The number of ether oxygens (including phenoxy) is 1. The summed E-state index contributed by atoms with van der Waals surface area (Å²) in [5.41, 5.74) is 0. The summed E-state index contributed by atoms with van der Waals surface area (Å²) in [5, 5.41) is 34.6. The topological polar surface area (TPSA) is 110 Å². The molecule has 1 aliphatic heterocycles. The van der Waals surface area contributed by atoms with Crippen LogP contribution in [0.5, 0.6) is 0 Å². The Balaban J connectivity index is 2.91. The first-order valence-corrected chi connectivity index (χ1v) is 4.12. The monoisotopic (exact) mass is 205 g/mol. The average molecular weight is 205 g/mol. The SMILES string of the molecule is O=C1COCC(C(O)CO)C([OH2+])=C1O. The Morgan fingerprint density at radius 3 is 2.86 bits per heavy atom. The van der Waals surface area contributed by atoms with Gasteiger partial charge in [-0.3, -0.25) is 4.79 Å². The molecule has 14 heavy (non-hydrogen) atoms. The first kappa shape index (κ1) is 11.0. The van der Waals surface area contributed by atoms with E-state index in [4.69, 9.17) is 14.9 Å². The second-order valence-corrected chi connectivity index (χ2v) is 3.06. The van der Waals surface area contributed by atoms with Crippen molar-refractivity contribution >= 4 is 5.78 Å². The molecule has 0 bridgehead atoms. The lowest BCUT2D eigenvalue weighted by Gasteiger charge is -2.15. The Morgan fingerprint density at radius 1 is 1.64 bits per heavy atom. The molecule has 80 valence electrons. The van der Waals surface area contributed by atoms with Crippen LogP contribution >= 0.6 is 0 Å². The van der Waals surface area contributed by atoms with Crippen LogP contribution in [0.3, 0.4) is 0 Å². The van der Waals surface area contributed by atoms with Crippen LogP contribution in [0.25, 0.3) is 0 Å². The van der Waals surface area contributed by atoms with E-state index in [1.165, 1.54) is 0 Å². The molecular formula is C8H13O6+. The Kier molecular flexibility index (Phi) is 3.45. The van der Waals surface area contributed by atoms with E-state index in [-0.39, 0.29) is 19.0 Å². The molecule has 0 saturated heterocycles. The predicted molar refractivity (Wildman–Crippen MR) is 45.7 cm³/mol. The van der Waals surface area contributed by atoms with Crippen molar-refractivity contribution in [3.63, 3.8) is 0 Å². The second kappa shape index (κ2) is 4.41. The molecule has 0 aromatic heterocycles. The van der Waals surface area contributed by atoms with Crippen LogP contribution in [0, 0.1) is 5.92 Å². The summed E-state index contributed by atoms with van der Waals surface area (Å²) in [4.78, 5) is 11.0. The third-order valence-corrected chi connectivity index (χ3v) is 2.07. The minimum atomic E-state index is -1.20. The highest BCUT2D eigenvalue weighted by Gasteiger charge is 2.35. The quantitative estimate of drug-likeness (QED) is 0.454. The maximum Gasteiger partial charge on any atom is 0.283 e. The molecule has 0 radical (unpaired) electrons. The van der Waals surface area contributed by atoms with E-state index in [0.29, 0.717) is 0 Å². The van der Waals surface area contributed by atoms with E-state index in [9.17, 15) is 15.0 Å². The van der Waals surface area contributed by atoms with Crippen molar-refractivity contribution in [2.75, 3.05) is 19.8 Å². The number of hydrogen-bond acceptors (Lipinski definition) is 5. The van der Waals surface area contributed by atoms with Gasteiger partial charge in [-0.15, -0.1) is 0 Å². The number of Topliss-reactive ketones (excluding diaryl/α,β-unsaturated/α-hetero) is 1. The Bertz CT molecular complexity index is 259. The maximum atomic E-state index is 11.0. The summed E-state index contributed by atoms with van der Waals surface area (Å²) in [7, 11) is 0. The van der Waals surface area contributed by atoms with Crippen LogP contribution in [0.2, 0.25) is 0 Å². The van der Waals surface area contributed by atoms with E-state index >= 15 is 0 Å². The number of aliphatic hydroxyl groups excluding tert-OH is 3. The fourth-order valence-electron chi connectivity index (χ4n) is 1.19. The highest BCUT2D eigenvalue weighted by Crippen LogP contribution is 2.19. The Hall–Kier alpha value is -1.11. The molecule has 0 fully saturated rings. The highest BCUT2D eigenvalue weighted by atomic mass is 16.5. The zero-order valence-electron chi connectivity index (χ0n) is 7.43. The van der Waals surface area contributed by atoms with Gasteiger partial charge in [-0.05, 0) is 0 Å². The zero-order valence-corrected chi connectivity index (χ0v) is 7.43. The molecule has 6 nitrogen and oxygen atoms in total. The normalized spacial score (nSPS) is 26.1. The van der Waals surface area contributed by atoms with Crippen LogP contribution in [0.1, 0.15) is 0 Å². The highest BCUT2D eigenvalue weighted by molar-refractivity contribution is 5.94. The van der Waals surface area contributed by atoms with Crippen molar-refractivity contribution in [2.45, 2.75) is 6.10 Å². The fourth-order valence-corrected chi connectivity index (χ4v) is 1.19.